The zero-order chi connectivity index (χ0) is 22.6. The fourth-order valence-corrected chi connectivity index (χ4v) is 4.95. The quantitative estimate of drug-likeness (QED) is 0.650. The Morgan fingerprint density at radius 3 is 2.48 bits per heavy atom. The highest BCUT2D eigenvalue weighted by molar-refractivity contribution is 5.81. The van der Waals surface area contributed by atoms with Crippen molar-refractivity contribution in [3.05, 3.63) is 60.4 Å². The number of piperidine rings is 2. The molecule has 2 aromatic carbocycles. The highest BCUT2D eigenvalue weighted by Crippen LogP contribution is 2.29. The van der Waals surface area contributed by atoms with E-state index in [1.165, 1.54) is 0 Å². The van der Waals surface area contributed by atoms with Crippen molar-refractivity contribution < 1.29 is 14.3 Å². The Balaban J connectivity index is 1.13. The second-order valence-electron chi connectivity index (χ2n) is 9.02. The van der Waals surface area contributed by atoms with Crippen LogP contribution in [-0.4, -0.2) is 64.4 Å². The Morgan fingerprint density at radius 1 is 0.939 bits per heavy atom. The molecule has 5 rings (SSSR count). The molecule has 172 valence electrons. The maximum atomic E-state index is 13.3. The molecule has 2 saturated heterocycles. The SMILES string of the molecule is O=C(COc1ccccc1)N1CCC(C(=O)N2CCCC(c3nc4ccccc4[nH]3)C2)CC1. The fraction of sp³-hybridized carbons (Fsp3) is 0.423. The Bertz CT molecular complexity index is 1070. The van der Waals surface area contributed by atoms with Gasteiger partial charge in [-0.25, -0.2) is 4.98 Å². The van der Waals surface area contributed by atoms with E-state index in [2.05, 4.69) is 4.98 Å². The van der Waals surface area contributed by atoms with Crippen LogP contribution in [0, 0.1) is 5.92 Å². The molecule has 2 aliphatic rings. The average Bonchev–Trinajstić information content (AvgIpc) is 3.32. The van der Waals surface area contributed by atoms with Gasteiger partial charge in [-0.2, -0.15) is 0 Å². The topological polar surface area (TPSA) is 78.5 Å². The van der Waals surface area contributed by atoms with Gasteiger partial charge in [0.25, 0.3) is 5.91 Å². The van der Waals surface area contributed by atoms with Crippen LogP contribution in [0.1, 0.15) is 37.4 Å². The number of nitrogens with zero attached hydrogens (tertiary/aromatic N) is 3. The molecule has 33 heavy (non-hydrogen) atoms. The number of hydrogen-bond acceptors (Lipinski definition) is 4. The second-order valence-corrected chi connectivity index (χ2v) is 9.02. The van der Waals surface area contributed by atoms with Gasteiger partial charge in [-0.15, -0.1) is 0 Å². The number of aromatic nitrogens is 2. The number of nitrogens with one attached hydrogen (secondary N) is 1. The van der Waals surface area contributed by atoms with Crippen molar-refractivity contribution in [3.8, 4) is 5.75 Å². The first-order valence-electron chi connectivity index (χ1n) is 11.9. The molecule has 0 radical (unpaired) electrons. The van der Waals surface area contributed by atoms with Crippen LogP contribution >= 0.6 is 0 Å². The third kappa shape index (κ3) is 4.87. The lowest BCUT2D eigenvalue weighted by Crippen LogP contribution is -2.47. The lowest BCUT2D eigenvalue weighted by molar-refractivity contribution is -0.142. The minimum absolute atomic E-state index is 0.0153. The van der Waals surface area contributed by atoms with Crippen molar-refractivity contribution in [2.24, 2.45) is 5.92 Å². The fourth-order valence-electron chi connectivity index (χ4n) is 4.95. The molecule has 0 bridgehead atoms. The number of H-pyrrole nitrogens is 1. The summed E-state index contributed by atoms with van der Waals surface area (Å²) in [6.07, 6.45) is 3.45. The van der Waals surface area contributed by atoms with E-state index in [0.29, 0.717) is 38.2 Å². The highest BCUT2D eigenvalue weighted by Gasteiger charge is 2.33. The van der Waals surface area contributed by atoms with E-state index in [0.717, 1.165) is 36.2 Å². The Morgan fingerprint density at radius 2 is 1.70 bits per heavy atom. The van der Waals surface area contributed by atoms with E-state index in [1.807, 2.05) is 64.4 Å². The number of hydrogen-bond donors (Lipinski definition) is 1. The molecule has 0 spiro atoms. The Hall–Kier alpha value is -3.35. The predicted molar refractivity (Wildman–Crippen MR) is 126 cm³/mol. The summed E-state index contributed by atoms with van der Waals surface area (Å²) < 4.78 is 5.59. The van der Waals surface area contributed by atoms with Crippen LogP contribution < -0.4 is 4.74 Å². The molecule has 1 unspecified atom stereocenters. The van der Waals surface area contributed by atoms with Crippen molar-refractivity contribution in [3.63, 3.8) is 0 Å². The number of carbonyl (C=O) groups excluding carboxylic acids is 2. The van der Waals surface area contributed by atoms with E-state index in [4.69, 9.17) is 9.72 Å². The third-order valence-corrected chi connectivity index (χ3v) is 6.83. The van der Waals surface area contributed by atoms with Gasteiger partial charge in [0.2, 0.25) is 5.91 Å². The standard InChI is InChI=1S/C26H30N4O3/c31-24(18-33-21-8-2-1-3-9-21)29-15-12-19(13-16-29)26(32)30-14-6-7-20(17-30)25-27-22-10-4-5-11-23(22)28-25/h1-5,8-11,19-20H,6-7,12-18H2,(H,27,28). The number of rotatable bonds is 5. The van der Waals surface area contributed by atoms with Gasteiger partial charge in [0.05, 0.1) is 11.0 Å². The minimum Gasteiger partial charge on any atom is -0.484 e. The summed E-state index contributed by atoms with van der Waals surface area (Å²) in [5, 5.41) is 0. The third-order valence-electron chi connectivity index (χ3n) is 6.83. The molecule has 1 N–H and O–H groups in total. The summed E-state index contributed by atoms with van der Waals surface area (Å²) in [6, 6.07) is 17.4. The average molecular weight is 447 g/mol. The van der Waals surface area contributed by atoms with Gasteiger partial charge in [-0.3, -0.25) is 9.59 Å². The number of para-hydroxylation sites is 3. The molecular formula is C26H30N4O3. The van der Waals surface area contributed by atoms with Crippen LogP contribution in [0.25, 0.3) is 11.0 Å². The normalized spacial score (nSPS) is 19.6. The van der Waals surface area contributed by atoms with Crippen LogP contribution in [-0.2, 0) is 9.59 Å². The van der Waals surface area contributed by atoms with Crippen molar-refractivity contribution in [1.82, 2.24) is 19.8 Å². The summed E-state index contributed by atoms with van der Waals surface area (Å²) >= 11 is 0. The maximum absolute atomic E-state index is 13.3. The number of ether oxygens (including phenoxy) is 1. The number of likely N-dealkylation sites (tertiary alicyclic amines) is 2. The number of amides is 2. The first kappa shape index (κ1) is 21.5. The second kappa shape index (κ2) is 9.65. The van der Waals surface area contributed by atoms with Gasteiger partial charge < -0.3 is 19.5 Å². The van der Waals surface area contributed by atoms with E-state index < -0.39 is 0 Å². The number of carbonyl (C=O) groups is 2. The van der Waals surface area contributed by atoms with Crippen molar-refractivity contribution in [2.75, 3.05) is 32.8 Å². The summed E-state index contributed by atoms with van der Waals surface area (Å²) in [4.78, 5) is 37.8. The van der Waals surface area contributed by atoms with Gasteiger partial charge in [-0.05, 0) is 49.9 Å². The molecule has 2 fully saturated rings. The maximum Gasteiger partial charge on any atom is 0.260 e. The number of benzene rings is 2. The molecule has 7 heteroatoms. The Labute approximate surface area is 193 Å². The van der Waals surface area contributed by atoms with Crippen LogP contribution in [0.3, 0.4) is 0 Å². The zero-order valence-electron chi connectivity index (χ0n) is 18.8. The number of aromatic amines is 1. The van der Waals surface area contributed by atoms with E-state index >= 15 is 0 Å². The van der Waals surface area contributed by atoms with Gasteiger partial charge in [0.15, 0.2) is 6.61 Å². The summed E-state index contributed by atoms with van der Waals surface area (Å²) in [5.41, 5.74) is 2.02. The zero-order valence-corrected chi connectivity index (χ0v) is 18.8. The molecule has 7 nitrogen and oxygen atoms in total. The molecule has 1 atom stereocenters. The molecular weight excluding hydrogens is 416 g/mol. The summed E-state index contributed by atoms with van der Waals surface area (Å²) in [7, 11) is 0. The molecule has 0 aliphatic carbocycles. The van der Waals surface area contributed by atoms with Crippen LogP contribution in [0.15, 0.2) is 54.6 Å². The number of imidazole rings is 1. The van der Waals surface area contributed by atoms with Crippen molar-refractivity contribution in [1.29, 1.82) is 0 Å². The summed E-state index contributed by atoms with van der Waals surface area (Å²) in [5.74, 6) is 2.11. The molecule has 3 heterocycles. The first-order valence-corrected chi connectivity index (χ1v) is 11.9. The number of fused-ring (bicyclic) bond motifs is 1. The molecule has 0 saturated carbocycles. The van der Waals surface area contributed by atoms with Gasteiger partial charge in [0, 0.05) is 38.0 Å². The van der Waals surface area contributed by atoms with E-state index in [-0.39, 0.29) is 30.3 Å². The monoisotopic (exact) mass is 446 g/mol. The van der Waals surface area contributed by atoms with Crippen molar-refractivity contribution >= 4 is 22.8 Å². The Kier molecular flexibility index (Phi) is 6.28. The molecule has 3 aromatic rings. The lowest BCUT2D eigenvalue weighted by Gasteiger charge is -2.37. The molecule has 2 aliphatic heterocycles. The first-order chi connectivity index (χ1) is 16.2. The van der Waals surface area contributed by atoms with E-state index in [9.17, 15) is 9.59 Å². The predicted octanol–water partition coefficient (Wildman–Crippen LogP) is 3.59. The smallest absolute Gasteiger partial charge is 0.260 e. The minimum atomic E-state index is -0.0207. The van der Waals surface area contributed by atoms with Crippen LogP contribution in [0.5, 0.6) is 5.75 Å². The van der Waals surface area contributed by atoms with Crippen molar-refractivity contribution in [2.45, 2.75) is 31.6 Å². The molecule has 2 amide bonds. The van der Waals surface area contributed by atoms with Crippen LogP contribution in [0.2, 0.25) is 0 Å². The van der Waals surface area contributed by atoms with Crippen LogP contribution in [0.4, 0.5) is 0 Å². The molecule has 1 aromatic heterocycles. The lowest BCUT2D eigenvalue weighted by atomic mass is 9.92. The van der Waals surface area contributed by atoms with Gasteiger partial charge >= 0.3 is 0 Å². The highest BCUT2D eigenvalue weighted by atomic mass is 16.5. The van der Waals surface area contributed by atoms with E-state index in [1.54, 1.807) is 0 Å². The van der Waals surface area contributed by atoms with Gasteiger partial charge in [-0.1, -0.05) is 30.3 Å². The summed E-state index contributed by atoms with van der Waals surface area (Å²) in [6.45, 7) is 2.76. The van der Waals surface area contributed by atoms with Gasteiger partial charge in [0.1, 0.15) is 11.6 Å². The largest absolute Gasteiger partial charge is 0.484 e.